The summed E-state index contributed by atoms with van der Waals surface area (Å²) >= 11 is 1.12. The van der Waals surface area contributed by atoms with Crippen LogP contribution in [0.25, 0.3) is 11.3 Å². The topological polar surface area (TPSA) is 33.1 Å². The van der Waals surface area contributed by atoms with Gasteiger partial charge in [-0.25, -0.2) is 4.98 Å². The number of nitrogens with zero attached hydrogens (tertiary/aromatic N) is 1. The molecule has 3 heteroatoms. The number of rotatable bonds is 1. The van der Waals surface area contributed by atoms with Gasteiger partial charge in [0.05, 0.1) is 11.1 Å². The Balaban J connectivity index is 2.45. The Morgan fingerprint density at radius 1 is 1.25 bits per heavy atom. The van der Waals surface area contributed by atoms with Crippen molar-refractivity contribution in [2.75, 3.05) is 0 Å². The predicted molar refractivity (Wildman–Crippen MR) is 48.1 cm³/mol. The van der Waals surface area contributed by atoms with Crippen LogP contribution in [-0.4, -0.2) is 10.1 Å². The first-order valence-corrected chi connectivity index (χ1v) is 4.31. The van der Waals surface area contributed by atoms with Crippen molar-refractivity contribution in [1.29, 1.82) is 0 Å². The minimum Gasteiger partial charge on any atom is -0.486 e. The lowest BCUT2D eigenvalue weighted by atomic mass is 10.2. The lowest BCUT2D eigenvalue weighted by Crippen LogP contribution is -1.74. The first-order chi connectivity index (χ1) is 5.86. The fraction of sp³-hybridized carbons (Fsp3) is 0. The Kier molecular flexibility index (Phi) is 1.80. The average molecular weight is 176 g/mol. The third kappa shape index (κ3) is 1.31. The maximum absolute atomic E-state index is 8.99. The van der Waals surface area contributed by atoms with E-state index in [2.05, 4.69) is 10.4 Å². The fourth-order valence-electron chi connectivity index (χ4n) is 0.955. The summed E-state index contributed by atoms with van der Waals surface area (Å²) in [5.74, 6) is 0. The second kappa shape index (κ2) is 2.95. The molecule has 0 saturated heterocycles. The zero-order chi connectivity index (χ0) is 8.39. The van der Waals surface area contributed by atoms with E-state index < -0.39 is 0 Å². The number of hydrogen-bond acceptors (Lipinski definition) is 3. The van der Waals surface area contributed by atoms with Gasteiger partial charge in [0, 0.05) is 5.56 Å². The van der Waals surface area contributed by atoms with Gasteiger partial charge in [-0.2, -0.15) is 0 Å². The second-order valence-corrected chi connectivity index (χ2v) is 3.09. The van der Waals surface area contributed by atoms with E-state index in [0.717, 1.165) is 16.9 Å². The van der Waals surface area contributed by atoms with Crippen LogP contribution in [0.5, 0.6) is 5.19 Å². The molecule has 12 heavy (non-hydrogen) atoms. The molecule has 1 aromatic heterocycles. The molecule has 1 heterocycles. The summed E-state index contributed by atoms with van der Waals surface area (Å²) in [7, 11) is 0. The first kappa shape index (κ1) is 7.31. The maximum Gasteiger partial charge on any atom is 0.271 e. The predicted octanol–water partition coefficient (Wildman–Crippen LogP) is 2.32. The van der Waals surface area contributed by atoms with Crippen LogP contribution in [0.4, 0.5) is 0 Å². The highest BCUT2D eigenvalue weighted by Gasteiger charge is 2.01. The van der Waals surface area contributed by atoms with Gasteiger partial charge in [0.1, 0.15) is 0 Å². The van der Waals surface area contributed by atoms with E-state index in [1.54, 1.807) is 0 Å². The standard InChI is InChI=1S/C9H6NOS/c11-9-10-8(6-12-9)7-4-2-1-3-5-7/h1-5H,(H,10,11). The summed E-state index contributed by atoms with van der Waals surface area (Å²) in [5, 5.41) is 12.0. The van der Waals surface area contributed by atoms with Crippen LogP contribution in [0.2, 0.25) is 0 Å². The van der Waals surface area contributed by atoms with E-state index in [1.807, 2.05) is 30.3 Å². The molecule has 0 spiro atoms. The second-order valence-electron chi connectivity index (χ2n) is 2.31. The molecule has 2 rings (SSSR count). The van der Waals surface area contributed by atoms with Crippen LogP contribution < -0.4 is 0 Å². The number of thiazole rings is 1. The van der Waals surface area contributed by atoms with Gasteiger partial charge in [0.2, 0.25) is 0 Å². The molecule has 1 radical (unpaired) electrons. The van der Waals surface area contributed by atoms with Gasteiger partial charge in [-0.3, -0.25) is 0 Å². The SMILES string of the molecule is Oc1nc(-c2ccccc2)[c]s1. The molecule has 0 bridgehead atoms. The fourth-order valence-corrected chi connectivity index (χ4v) is 1.44. The Labute approximate surface area is 74.1 Å². The molecule has 0 aliphatic carbocycles. The van der Waals surface area contributed by atoms with Crippen LogP contribution in [0.3, 0.4) is 0 Å². The smallest absolute Gasteiger partial charge is 0.271 e. The van der Waals surface area contributed by atoms with Gasteiger partial charge >= 0.3 is 0 Å². The molecule has 59 valence electrons. The van der Waals surface area contributed by atoms with Gasteiger partial charge in [-0.05, 0) is 0 Å². The zero-order valence-electron chi connectivity index (χ0n) is 6.19. The van der Waals surface area contributed by atoms with Crippen molar-refractivity contribution >= 4 is 11.3 Å². The number of hydrogen-bond donors (Lipinski definition) is 1. The van der Waals surface area contributed by atoms with Crippen molar-refractivity contribution in [3.8, 4) is 16.5 Å². The van der Waals surface area contributed by atoms with Crippen LogP contribution in [-0.2, 0) is 0 Å². The van der Waals surface area contributed by atoms with E-state index in [4.69, 9.17) is 5.11 Å². The summed E-state index contributed by atoms with van der Waals surface area (Å²) in [5.41, 5.74) is 1.69. The Bertz CT molecular complexity index is 369. The Morgan fingerprint density at radius 2 is 2.00 bits per heavy atom. The zero-order valence-corrected chi connectivity index (χ0v) is 7.01. The summed E-state index contributed by atoms with van der Waals surface area (Å²) in [6.45, 7) is 0. The first-order valence-electron chi connectivity index (χ1n) is 3.49. The molecule has 0 saturated carbocycles. The van der Waals surface area contributed by atoms with Gasteiger partial charge < -0.3 is 5.11 Å². The van der Waals surface area contributed by atoms with E-state index in [1.165, 1.54) is 0 Å². The van der Waals surface area contributed by atoms with Gasteiger partial charge in [-0.15, -0.1) is 0 Å². The average Bonchev–Trinajstić information content (AvgIpc) is 2.54. The maximum atomic E-state index is 8.99. The molecule has 0 aliphatic rings. The highest BCUT2D eigenvalue weighted by molar-refractivity contribution is 7.11. The van der Waals surface area contributed by atoms with Crippen LogP contribution >= 0.6 is 11.3 Å². The number of aromatic nitrogens is 1. The molecule has 1 N–H and O–H groups in total. The highest BCUT2D eigenvalue weighted by atomic mass is 32.1. The monoisotopic (exact) mass is 176 g/mol. The largest absolute Gasteiger partial charge is 0.486 e. The summed E-state index contributed by atoms with van der Waals surface area (Å²) in [6.07, 6.45) is 0. The van der Waals surface area contributed by atoms with Crippen molar-refractivity contribution in [3.05, 3.63) is 35.7 Å². The lowest BCUT2D eigenvalue weighted by molar-refractivity contribution is 0.471. The van der Waals surface area contributed by atoms with Crippen LogP contribution in [0.15, 0.2) is 30.3 Å². The van der Waals surface area contributed by atoms with Gasteiger partial charge in [0.15, 0.2) is 0 Å². The normalized spacial score (nSPS) is 10.0. The van der Waals surface area contributed by atoms with E-state index >= 15 is 0 Å². The third-order valence-corrected chi connectivity index (χ3v) is 2.06. The molecule has 0 aliphatic heterocycles. The molecule has 0 unspecified atom stereocenters. The minimum atomic E-state index is 0.0638. The molecule has 2 nitrogen and oxygen atoms in total. The van der Waals surface area contributed by atoms with Crippen LogP contribution in [0.1, 0.15) is 0 Å². The summed E-state index contributed by atoms with van der Waals surface area (Å²) < 4.78 is 0. The Morgan fingerprint density at radius 3 is 2.58 bits per heavy atom. The summed E-state index contributed by atoms with van der Waals surface area (Å²) in [4.78, 5) is 3.90. The quantitative estimate of drug-likeness (QED) is 0.723. The minimum absolute atomic E-state index is 0.0638. The van der Waals surface area contributed by atoms with Gasteiger partial charge in [-0.1, -0.05) is 41.7 Å². The van der Waals surface area contributed by atoms with Crippen molar-refractivity contribution in [2.45, 2.75) is 0 Å². The van der Waals surface area contributed by atoms with Gasteiger partial charge in [0.25, 0.3) is 5.19 Å². The molecular formula is C9H6NOS. The molecular weight excluding hydrogens is 170 g/mol. The van der Waals surface area contributed by atoms with Crippen molar-refractivity contribution < 1.29 is 5.11 Å². The van der Waals surface area contributed by atoms with E-state index in [0.29, 0.717) is 5.69 Å². The van der Waals surface area contributed by atoms with E-state index in [-0.39, 0.29) is 5.19 Å². The molecule has 2 aromatic rings. The third-order valence-electron chi connectivity index (χ3n) is 1.49. The molecule has 0 fully saturated rings. The highest BCUT2D eigenvalue weighted by Crippen LogP contribution is 2.23. The van der Waals surface area contributed by atoms with Crippen LogP contribution in [0, 0.1) is 5.38 Å². The molecule has 1 aromatic carbocycles. The summed E-state index contributed by atoms with van der Waals surface area (Å²) in [6, 6.07) is 9.67. The molecule has 0 atom stereocenters. The number of aromatic hydroxyl groups is 1. The van der Waals surface area contributed by atoms with Crippen molar-refractivity contribution in [1.82, 2.24) is 4.98 Å². The van der Waals surface area contributed by atoms with Crippen molar-refractivity contribution in [3.63, 3.8) is 0 Å². The van der Waals surface area contributed by atoms with E-state index in [9.17, 15) is 0 Å². The van der Waals surface area contributed by atoms with Crippen molar-refractivity contribution in [2.24, 2.45) is 0 Å². The molecule has 0 amide bonds. The number of benzene rings is 1. The lowest BCUT2D eigenvalue weighted by Gasteiger charge is -1.91. The Hall–Kier alpha value is -1.35.